The van der Waals surface area contributed by atoms with Gasteiger partial charge in [-0.3, -0.25) is 4.98 Å². The first-order chi connectivity index (χ1) is 12.5. The van der Waals surface area contributed by atoms with Crippen LogP contribution in [0.2, 0.25) is 0 Å². The molecule has 138 valence electrons. The molecule has 2 aromatic rings. The van der Waals surface area contributed by atoms with Crippen LogP contribution < -0.4 is 10.1 Å². The summed E-state index contributed by atoms with van der Waals surface area (Å²) in [6.07, 6.45) is 4.98. The molecule has 1 aromatic carbocycles. The third-order valence-electron chi connectivity index (χ3n) is 4.45. The highest BCUT2D eigenvalue weighted by molar-refractivity contribution is 5.75. The van der Waals surface area contributed by atoms with Crippen LogP contribution in [-0.4, -0.2) is 29.1 Å². The predicted octanol–water partition coefficient (Wildman–Crippen LogP) is 3.80. The van der Waals surface area contributed by atoms with Gasteiger partial charge in [0.2, 0.25) is 0 Å². The molecule has 0 radical (unpaired) electrons. The fraction of sp³-hybridized carbons (Fsp3) is 0.368. The molecule has 1 aromatic heterocycles. The zero-order valence-electron chi connectivity index (χ0n) is 14.7. The second-order valence-corrected chi connectivity index (χ2v) is 6.38. The summed E-state index contributed by atoms with van der Waals surface area (Å²) in [6, 6.07) is 4.68. The number of halogens is 2. The van der Waals surface area contributed by atoms with E-state index in [1.54, 1.807) is 30.5 Å². The van der Waals surface area contributed by atoms with Crippen LogP contribution >= 0.6 is 0 Å². The van der Waals surface area contributed by atoms with Crippen molar-refractivity contribution in [2.24, 2.45) is 0 Å². The van der Waals surface area contributed by atoms with Gasteiger partial charge >= 0.3 is 6.03 Å². The van der Waals surface area contributed by atoms with Gasteiger partial charge < -0.3 is 15.0 Å². The summed E-state index contributed by atoms with van der Waals surface area (Å²) in [6.45, 7) is 1.95. The summed E-state index contributed by atoms with van der Waals surface area (Å²) >= 11 is 0. The molecule has 1 N–H and O–H groups in total. The average molecular weight is 361 g/mol. The van der Waals surface area contributed by atoms with Gasteiger partial charge in [0.15, 0.2) is 0 Å². The minimum absolute atomic E-state index is 0.0750. The van der Waals surface area contributed by atoms with Crippen molar-refractivity contribution in [3.05, 3.63) is 59.4 Å². The maximum atomic E-state index is 14.0. The zero-order chi connectivity index (χ0) is 18.7. The molecular weight excluding hydrogens is 340 g/mol. The number of amides is 2. The third kappa shape index (κ3) is 4.09. The summed E-state index contributed by atoms with van der Waals surface area (Å²) in [5, 5.41) is 2.93. The molecule has 1 atom stereocenters. The number of carbonyl (C=O) groups is 1. The van der Waals surface area contributed by atoms with E-state index in [1.165, 1.54) is 12.1 Å². The number of pyridine rings is 1. The number of carbonyl (C=O) groups excluding carboxylic acids is 1. The lowest BCUT2D eigenvalue weighted by Gasteiger charge is -2.26. The van der Waals surface area contributed by atoms with Crippen LogP contribution in [0.3, 0.4) is 0 Å². The predicted molar refractivity (Wildman–Crippen MR) is 92.7 cm³/mol. The van der Waals surface area contributed by atoms with Crippen LogP contribution in [0.25, 0.3) is 0 Å². The largest absolute Gasteiger partial charge is 0.495 e. The number of methoxy groups -OCH3 is 1. The van der Waals surface area contributed by atoms with Gasteiger partial charge in [-0.05, 0) is 31.9 Å². The molecule has 0 saturated heterocycles. The highest BCUT2D eigenvalue weighted by Crippen LogP contribution is 2.30. The number of hydrogen-bond donors (Lipinski definition) is 1. The lowest BCUT2D eigenvalue weighted by molar-refractivity contribution is 0.188. The first-order valence-electron chi connectivity index (χ1n) is 8.48. The molecule has 1 heterocycles. The third-order valence-corrected chi connectivity index (χ3v) is 4.45. The van der Waals surface area contributed by atoms with Crippen LogP contribution in [0.4, 0.5) is 13.6 Å². The minimum Gasteiger partial charge on any atom is -0.495 e. The van der Waals surface area contributed by atoms with E-state index in [-0.39, 0.29) is 24.7 Å². The van der Waals surface area contributed by atoms with Crippen molar-refractivity contribution in [1.29, 1.82) is 0 Å². The molecule has 2 amide bonds. The molecule has 1 fully saturated rings. The smallest absolute Gasteiger partial charge is 0.318 e. The van der Waals surface area contributed by atoms with E-state index < -0.39 is 11.6 Å². The molecule has 1 aliphatic carbocycles. The Morgan fingerprint density at radius 2 is 2.15 bits per heavy atom. The summed E-state index contributed by atoms with van der Waals surface area (Å²) in [5.74, 6) is -0.692. The normalized spacial score (nSPS) is 14.6. The fourth-order valence-electron chi connectivity index (χ4n) is 2.85. The lowest BCUT2D eigenvalue weighted by Crippen LogP contribution is -2.42. The Morgan fingerprint density at radius 1 is 1.38 bits per heavy atom. The van der Waals surface area contributed by atoms with Crippen molar-refractivity contribution in [2.75, 3.05) is 7.11 Å². The first kappa shape index (κ1) is 18.1. The first-order valence-corrected chi connectivity index (χ1v) is 8.48. The minimum atomic E-state index is -0.646. The molecule has 5 nitrogen and oxygen atoms in total. The van der Waals surface area contributed by atoms with Crippen molar-refractivity contribution >= 4 is 6.03 Å². The summed E-state index contributed by atoms with van der Waals surface area (Å²) in [5.41, 5.74) is 1.10. The monoisotopic (exact) mass is 361 g/mol. The van der Waals surface area contributed by atoms with Gasteiger partial charge in [-0.1, -0.05) is 6.07 Å². The molecule has 1 aliphatic rings. The highest BCUT2D eigenvalue weighted by atomic mass is 19.1. The molecular formula is C19H21F2N3O2. The van der Waals surface area contributed by atoms with E-state index in [2.05, 4.69) is 10.3 Å². The van der Waals surface area contributed by atoms with Crippen molar-refractivity contribution in [2.45, 2.75) is 38.4 Å². The van der Waals surface area contributed by atoms with E-state index in [4.69, 9.17) is 4.74 Å². The SMILES string of the molecule is COc1cnccc1C(C)NC(=O)N(Cc1ccc(F)cc1F)C1CC1. The van der Waals surface area contributed by atoms with Crippen LogP contribution in [0, 0.1) is 11.6 Å². The number of nitrogens with one attached hydrogen (secondary N) is 1. The topological polar surface area (TPSA) is 54.5 Å². The van der Waals surface area contributed by atoms with Gasteiger partial charge in [-0.2, -0.15) is 0 Å². The number of urea groups is 1. The molecule has 0 bridgehead atoms. The van der Waals surface area contributed by atoms with Crippen molar-refractivity contribution in [1.82, 2.24) is 15.2 Å². The number of ether oxygens (including phenoxy) is 1. The van der Waals surface area contributed by atoms with Crippen molar-refractivity contribution < 1.29 is 18.3 Å². The second kappa shape index (κ2) is 7.68. The summed E-state index contributed by atoms with van der Waals surface area (Å²) in [4.78, 5) is 18.4. The summed E-state index contributed by atoms with van der Waals surface area (Å²) < 4.78 is 32.3. The van der Waals surface area contributed by atoms with Gasteiger partial charge in [-0.25, -0.2) is 13.6 Å². The van der Waals surface area contributed by atoms with Crippen molar-refractivity contribution in [3.63, 3.8) is 0 Å². The van der Waals surface area contributed by atoms with Crippen molar-refractivity contribution in [3.8, 4) is 5.75 Å². The standard InChI is InChI=1S/C19H21F2N3O2/c1-12(16-7-8-22-10-18(16)26-2)23-19(25)24(15-5-6-15)11-13-3-4-14(20)9-17(13)21/h3-4,7-10,12,15H,5-6,11H2,1-2H3,(H,23,25). The zero-order valence-corrected chi connectivity index (χ0v) is 14.7. The molecule has 3 rings (SSSR count). The number of hydrogen-bond acceptors (Lipinski definition) is 3. The maximum Gasteiger partial charge on any atom is 0.318 e. The number of aromatic nitrogens is 1. The Morgan fingerprint density at radius 3 is 2.81 bits per heavy atom. The Bertz CT molecular complexity index is 796. The van der Waals surface area contributed by atoms with Gasteiger partial charge in [0.05, 0.1) is 25.9 Å². The highest BCUT2D eigenvalue weighted by Gasteiger charge is 2.33. The quantitative estimate of drug-likeness (QED) is 0.851. The molecule has 26 heavy (non-hydrogen) atoms. The number of nitrogens with zero attached hydrogens (tertiary/aromatic N) is 2. The van der Waals surface area contributed by atoms with E-state index in [0.717, 1.165) is 24.5 Å². The van der Waals surface area contributed by atoms with Crippen LogP contribution in [-0.2, 0) is 6.54 Å². The second-order valence-electron chi connectivity index (χ2n) is 6.38. The van der Waals surface area contributed by atoms with E-state index >= 15 is 0 Å². The Hall–Kier alpha value is -2.70. The van der Waals surface area contributed by atoms with Crippen LogP contribution in [0.5, 0.6) is 5.75 Å². The van der Waals surface area contributed by atoms with Gasteiger partial charge in [0, 0.05) is 29.4 Å². The Kier molecular flexibility index (Phi) is 5.35. The van der Waals surface area contributed by atoms with Crippen LogP contribution in [0.15, 0.2) is 36.7 Å². The molecule has 7 heteroatoms. The maximum absolute atomic E-state index is 14.0. The van der Waals surface area contributed by atoms with E-state index in [9.17, 15) is 13.6 Å². The van der Waals surface area contributed by atoms with Crippen LogP contribution in [0.1, 0.15) is 36.9 Å². The number of benzene rings is 1. The molecule has 0 spiro atoms. The number of rotatable bonds is 6. The molecule has 0 aliphatic heterocycles. The van der Waals surface area contributed by atoms with Gasteiger partial charge in [-0.15, -0.1) is 0 Å². The molecule has 1 saturated carbocycles. The molecule has 1 unspecified atom stereocenters. The van der Waals surface area contributed by atoms with E-state index in [0.29, 0.717) is 11.3 Å². The van der Waals surface area contributed by atoms with E-state index in [1.807, 2.05) is 6.92 Å². The fourth-order valence-corrected chi connectivity index (χ4v) is 2.85. The Balaban J connectivity index is 1.73. The van der Waals surface area contributed by atoms with Gasteiger partial charge in [0.1, 0.15) is 17.4 Å². The van der Waals surface area contributed by atoms with Gasteiger partial charge in [0.25, 0.3) is 0 Å². The lowest BCUT2D eigenvalue weighted by atomic mass is 10.1. The Labute approximate surface area is 151 Å². The summed E-state index contributed by atoms with van der Waals surface area (Å²) in [7, 11) is 1.54. The average Bonchev–Trinajstić information content (AvgIpc) is 3.45.